The number of carbonyl (C=O) groups is 2. The number of ether oxygens (including phenoxy) is 2. The summed E-state index contributed by atoms with van der Waals surface area (Å²) < 4.78 is 10.8. The quantitative estimate of drug-likeness (QED) is 0.320. The van der Waals surface area contributed by atoms with Crippen LogP contribution in [0, 0.1) is 10.1 Å². The van der Waals surface area contributed by atoms with Crippen molar-refractivity contribution in [3.63, 3.8) is 0 Å². The number of azo groups is 1. The van der Waals surface area contributed by atoms with Gasteiger partial charge in [0.2, 0.25) is 5.88 Å². The number of aromatic nitrogens is 1. The molecule has 0 atom stereocenters. The Kier molecular flexibility index (Phi) is 5.18. The Morgan fingerprint density at radius 2 is 1.94 bits per heavy atom. The zero-order chi connectivity index (χ0) is 22.0. The van der Waals surface area contributed by atoms with Gasteiger partial charge in [0.05, 0.1) is 10.4 Å². The highest BCUT2D eigenvalue weighted by molar-refractivity contribution is 5.98. The van der Waals surface area contributed by atoms with E-state index in [2.05, 4.69) is 20.5 Å². The maximum absolute atomic E-state index is 12.3. The van der Waals surface area contributed by atoms with E-state index in [0.29, 0.717) is 30.2 Å². The summed E-state index contributed by atoms with van der Waals surface area (Å²) in [6, 6.07) is 8.51. The smallest absolute Gasteiger partial charge is 0.283 e. The highest BCUT2D eigenvalue weighted by Gasteiger charge is 2.17. The molecule has 2 amide bonds. The minimum absolute atomic E-state index is 0.120. The second-order valence-corrected chi connectivity index (χ2v) is 6.44. The highest BCUT2D eigenvalue weighted by atomic mass is 16.6. The Bertz CT molecular complexity index is 1230. The number of nitro benzene ring substituents is 1. The second-order valence-electron chi connectivity index (χ2n) is 6.44. The minimum Gasteiger partial charge on any atom is -0.493 e. The van der Waals surface area contributed by atoms with Crippen molar-refractivity contribution in [2.45, 2.75) is 0 Å². The van der Waals surface area contributed by atoms with E-state index in [1.165, 1.54) is 30.3 Å². The van der Waals surface area contributed by atoms with Crippen LogP contribution in [0.4, 0.5) is 11.4 Å². The van der Waals surface area contributed by atoms with Gasteiger partial charge in [-0.15, -0.1) is 10.2 Å². The number of rotatable bonds is 5. The summed E-state index contributed by atoms with van der Waals surface area (Å²) in [5, 5.41) is 30.7. The number of hydrogen-bond acceptors (Lipinski definition) is 8. The Balaban J connectivity index is 1.43. The summed E-state index contributed by atoms with van der Waals surface area (Å²) in [4.78, 5) is 37.2. The summed E-state index contributed by atoms with van der Waals surface area (Å²) in [5.41, 5.74) is 0.332. The number of aromatic amines is 1. The molecule has 31 heavy (non-hydrogen) atoms. The molecule has 2 aromatic carbocycles. The van der Waals surface area contributed by atoms with Crippen molar-refractivity contribution in [3.05, 3.63) is 52.1 Å². The average molecular weight is 425 g/mol. The van der Waals surface area contributed by atoms with E-state index in [9.17, 15) is 24.8 Å². The van der Waals surface area contributed by atoms with E-state index in [0.717, 1.165) is 0 Å². The topological polar surface area (TPSA) is 169 Å². The van der Waals surface area contributed by atoms with Crippen LogP contribution in [0.15, 0.2) is 46.6 Å². The zero-order valence-corrected chi connectivity index (χ0v) is 15.8. The first-order chi connectivity index (χ1) is 14.9. The van der Waals surface area contributed by atoms with E-state index in [1.807, 2.05) is 0 Å². The first-order valence-electron chi connectivity index (χ1n) is 9.04. The van der Waals surface area contributed by atoms with Crippen LogP contribution in [0.1, 0.15) is 10.4 Å². The minimum atomic E-state index is -0.787. The van der Waals surface area contributed by atoms with Crippen LogP contribution >= 0.6 is 0 Å². The van der Waals surface area contributed by atoms with Gasteiger partial charge >= 0.3 is 0 Å². The molecule has 0 saturated heterocycles. The molecule has 1 aromatic heterocycles. The fourth-order valence-electron chi connectivity index (χ4n) is 2.95. The van der Waals surface area contributed by atoms with Crippen molar-refractivity contribution in [1.29, 1.82) is 0 Å². The third kappa shape index (κ3) is 4.12. The third-order valence-electron chi connectivity index (χ3n) is 4.41. The number of fused-ring (bicyclic) bond motifs is 2. The summed E-state index contributed by atoms with van der Waals surface area (Å²) >= 11 is 0. The van der Waals surface area contributed by atoms with Crippen LogP contribution < -0.4 is 14.8 Å². The molecule has 3 N–H and O–H groups in total. The number of H-pyrrole nitrogens is 1. The zero-order valence-electron chi connectivity index (χ0n) is 15.8. The van der Waals surface area contributed by atoms with E-state index in [-0.39, 0.29) is 22.3 Å². The molecule has 158 valence electrons. The van der Waals surface area contributed by atoms with Crippen molar-refractivity contribution in [2.75, 3.05) is 19.8 Å². The lowest BCUT2D eigenvalue weighted by atomic mass is 10.2. The Morgan fingerprint density at radius 1 is 1.16 bits per heavy atom. The average Bonchev–Trinajstić information content (AvgIpc) is 3.09. The molecule has 0 radical (unpaired) electrons. The number of nitrogens with one attached hydrogen (secondary N) is 2. The van der Waals surface area contributed by atoms with Gasteiger partial charge in [0.15, 0.2) is 17.2 Å². The van der Waals surface area contributed by atoms with Crippen LogP contribution in [0.5, 0.6) is 17.4 Å². The number of nitro groups is 1. The van der Waals surface area contributed by atoms with Crippen molar-refractivity contribution in [1.82, 2.24) is 10.3 Å². The van der Waals surface area contributed by atoms with Gasteiger partial charge in [0, 0.05) is 23.1 Å². The molecule has 2 heterocycles. The molecule has 4 rings (SSSR count). The fourth-order valence-corrected chi connectivity index (χ4v) is 2.95. The number of non-ortho nitro benzene ring substituents is 1. The van der Waals surface area contributed by atoms with Gasteiger partial charge in [-0.05, 0) is 24.3 Å². The van der Waals surface area contributed by atoms with E-state index in [1.54, 1.807) is 6.07 Å². The van der Waals surface area contributed by atoms with Crippen molar-refractivity contribution in [3.8, 4) is 17.4 Å². The normalized spacial score (nSPS) is 12.8. The number of benzene rings is 2. The summed E-state index contributed by atoms with van der Waals surface area (Å²) in [6.45, 7) is 0.359. The van der Waals surface area contributed by atoms with Crippen molar-refractivity contribution >= 4 is 34.1 Å². The molecule has 12 nitrogen and oxygen atoms in total. The van der Waals surface area contributed by atoms with Crippen LogP contribution in [-0.2, 0) is 4.79 Å². The highest BCUT2D eigenvalue weighted by Crippen LogP contribution is 2.37. The predicted molar refractivity (Wildman–Crippen MR) is 106 cm³/mol. The SMILES string of the molecule is O=C(CNC(=O)c1ccc2c(c1)OCCO2)N=Nc1c(O)[nH]c2ccc([N+](=O)[O-])cc12. The van der Waals surface area contributed by atoms with Gasteiger partial charge in [-0.3, -0.25) is 19.7 Å². The van der Waals surface area contributed by atoms with Crippen LogP contribution in [-0.4, -0.2) is 46.6 Å². The summed E-state index contributed by atoms with van der Waals surface area (Å²) in [5.74, 6) is -0.733. The van der Waals surface area contributed by atoms with Crippen molar-refractivity contribution < 1.29 is 29.1 Å². The Hall–Kier alpha value is -4.48. The van der Waals surface area contributed by atoms with Gasteiger partial charge in [0.1, 0.15) is 19.8 Å². The predicted octanol–water partition coefficient (Wildman–Crippen LogP) is 2.59. The van der Waals surface area contributed by atoms with E-state index < -0.39 is 29.2 Å². The molecular weight excluding hydrogens is 410 g/mol. The lowest BCUT2D eigenvalue weighted by Crippen LogP contribution is -2.28. The molecule has 1 aliphatic rings. The van der Waals surface area contributed by atoms with Crippen molar-refractivity contribution in [2.24, 2.45) is 10.2 Å². The first-order valence-corrected chi connectivity index (χ1v) is 9.04. The number of amides is 2. The third-order valence-corrected chi connectivity index (χ3v) is 4.41. The summed E-state index contributed by atoms with van der Waals surface area (Å²) in [6.07, 6.45) is 0. The van der Waals surface area contributed by atoms with E-state index in [4.69, 9.17) is 9.47 Å². The standard InChI is InChI=1S/C19H15N5O7/c25-16(9-20-18(26)10-1-4-14-15(7-10)31-6-5-30-14)22-23-17-12-8-11(24(28)29)2-3-13(12)21-19(17)27/h1-4,7-8,21,27H,5-6,9H2,(H,20,26). The second kappa shape index (κ2) is 8.10. The molecule has 0 bridgehead atoms. The van der Waals surface area contributed by atoms with Crippen LogP contribution in [0.3, 0.4) is 0 Å². The Morgan fingerprint density at radius 3 is 2.71 bits per heavy atom. The van der Waals surface area contributed by atoms with E-state index >= 15 is 0 Å². The maximum Gasteiger partial charge on any atom is 0.283 e. The van der Waals surface area contributed by atoms with Gasteiger partial charge in [0.25, 0.3) is 17.5 Å². The lowest BCUT2D eigenvalue weighted by molar-refractivity contribution is -0.384. The van der Waals surface area contributed by atoms with Gasteiger partial charge in [-0.1, -0.05) is 0 Å². The van der Waals surface area contributed by atoms with Crippen LogP contribution in [0.2, 0.25) is 0 Å². The molecule has 12 heteroatoms. The van der Waals surface area contributed by atoms with Crippen LogP contribution in [0.25, 0.3) is 10.9 Å². The molecular formula is C19H15N5O7. The number of aromatic hydroxyl groups is 1. The molecule has 0 saturated carbocycles. The fraction of sp³-hybridized carbons (Fsp3) is 0.158. The molecule has 3 aromatic rings. The molecule has 0 aliphatic carbocycles. The molecule has 0 fully saturated rings. The molecule has 0 spiro atoms. The Labute approximate surface area is 173 Å². The molecule has 0 unspecified atom stereocenters. The van der Waals surface area contributed by atoms with Gasteiger partial charge < -0.3 is 24.9 Å². The van der Waals surface area contributed by atoms with Gasteiger partial charge in [-0.25, -0.2) is 0 Å². The maximum atomic E-state index is 12.3. The van der Waals surface area contributed by atoms with Gasteiger partial charge in [-0.2, -0.15) is 0 Å². The molecule has 1 aliphatic heterocycles. The number of hydrogen-bond donors (Lipinski definition) is 3. The first kappa shape index (κ1) is 19.8. The lowest BCUT2D eigenvalue weighted by Gasteiger charge is -2.18. The monoisotopic (exact) mass is 425 g/mol. The number of nitrogens with zero attached hydrogens (tertiary/aromatic N) is 3. The largest absolute Gasteiger partial charge is 0.493 e. The summed E-state index contributed by atoms with van der Waals surface area (Å²) in [7, 11) is 0. The number of carbonyl (C=O) groups excluding carboxylic acids is 2.